The molecule has 7 nitrogen and oxygen atoms in total. The molecule has 0 bridgehead atoms. The molecule has 7 heteroatoms. The van der Waals surface area contributed by atoms with Gasteiger partial charge in [-0.05, 0) is 35.3 Å². The van der Waals surface area contributed by atoms with Crippen molar-refractivity contribution >= 4 is 18.1 Å². The standard InChI is InChI=1S/C31H30N4O3/c36-30(34-28(20-24-10-4-1-5-11-24)17-16-27-18-19-32-23-33-27)29(21-25-12-6-2-7-13-25)35-31(37)38-22-26-14-8-3-9-15-26/h1-19,23,28-29H,20-22H2,(H,34,36)(H,35,37)/b17-16+/t28-,29+/m1/s1. The van der Waals surface area contributed by atoms with E-state index in [1.54, 1.807) is 12.3 Å². The average Bonchev–Trinajstić information content (AvgIpc) is 2.96. The number of carbonyl (C=O) groups excluding carboxylic acids is 2. The van der Waals surface area contributed by atoms with Crippen LogP contribution >= 0.6 is 0 Å². The Morgan fingerprint density at radius 3 is 1.97 bits per heavy atom. The second-order valence-corrected chi connectivity index (χ2v) is 8.75. The average molecular weight is 507 g/mol. The highest BCUT2D eigenvalue weighted by atomic mass is 16.5. The number of aromatic nitrogens is 2. The molecule has 1 aromatic heterocycles. The molecular formula is C31H30N4O3. The van der Waals surface area contributed by atoms with Crippen molar-refractivity contribution in [2.45, 2.75) is 31.5 Å². The van der Waals surface area contributed by atoms with E-state index in [1.165, 1.54) is 6.33 Å². The number of nitrogens with zero attached hydrogens (tertiary/aromatic N) is 2. The Hall–Kier alpha value is -4.78. The second kappa shape index (κ2) is 14.1. The number of nitrogens with one attached hydrogen (secondary N) is 2. The first-order valence-electron chi connectivity index (χ1n) is 12.5. The summed E-state index contributed by atoms with van der Waals surface area (Å²) in [5.74, 6) is -0.307. The summed E-state index contributed by atoms with van der Waals surface area (Å²) in [6.45, 7) is 0.116. The zero-order valence-electron chi connectivity index (χ0n) is 20.9. The van der Waals surface area contributed by atoms with Gasteiger partial charge in [0.15, 0.2) is 0 Å². The molecule has 1 heterocycles. The van der Waals surface area contributed by atoms with Gasteiger partial charge in [0.05, 0.1) is 11.7 Å². The lowest BCUT2D eigenvalue weighted by atomic mass is 10.0. The number of carbonyl (C=O) groups is 2. The number of amides is 2. The lowest BCUT2D eigenvalue weighted by Gasteiger charge is -2.22. The van der Waals surface area contributed by atoms with Crippen molar-refractivity contribution in [3.63, 3.8) is 0 Å². The zero-order chi connectivity index (χ0) is 26.4. The van der Waals surface area contributed by atoms with Crippen molar-refractivity contribution in [1.82, 2.24) is 20.6 Å². The van der Waals surface area contributed by atoms with Gasteiger partial charge in [0.2, 0.25) is 5.91 Å². The highest BCUT2D eigenvalue weighted by Crippen LogP contribution is 2.09. The largest absolute Gasteiger partial charge is 0.445 e. The number of ether oxygens (including phenoxy) is 1. The Balaban J connectivity index is 1.48. The topological polar surface area (TPSA) is 93.2 Å². The fourth-order valence-corrected chi connectivity index (χ4v) is 3.90. The lowest BCUT2D eigenvalue weighted by Crippen LogP contribution is -2.50. The third-order valence-corrected chi connectivity index (χ3v) is 5.83. The molecule has 0 unspecified atom stereocenters. The van der Waals surface area contributed by atoms with Crippen molar-refractivity contribution < 1.29 is 14.3 Å². The van der Waals surface area contributed by atoms with E-state index in [2.05, 4.69) is 20.6 Å². The first-order valence-corrected chi connectivity index (χ1v) is 12.5. The Morgan fingerprint density at radius 1 is 0.763 bits per heavy atom. The quantitative estimate of drug-likeness (QED) is 0.306. The molecule has 0 saturated carbocycles. The van der Waals surface area contributed by atoms with Crippen LogP contribution in [0.2, 0.25) is 0 Å². The smallest absolute Gasteiger partial charge is 0.408 e. The van der Waals surface area contributed by atoms with E-state index in [9.17, 15) is 9.59 Å². The zero-order valence-corrected chi connectivity index (χ0v) is 20.9. The summed E-state index contributed by atoms with van der Waals surface area (Å²) in [7, 11) is 0. The molecule has 0 aliphatic rings. The van der Waals surface area contributed by atoms with Crippen LogP contribution < -0.4 is 10.6 Å². The van der Waals surface area contributed by atoms with E-state index in [1.807, 2.05) is 103 Å². The SMILES string of the molecule is O=C(N[C@@H](Cc1ccccc1)C(=O)N[C@H](/C=C/c1ccncn1)Cc1ccccc1)OCc1ccccc1. The Bertz CT molecular complexity index is 1300. The van der Waals surface area contributed by atoms with Crippen molar-refractivity contribution in [3.05, 3.63) is 138 Å². The van der Waals surface area contributed by atoms with Gasteiger partial charge in [-0.1, -0.05) is 97.1 Å². The van der Waals surface area contributed by atoms with Gasteiger partial charge in [-0.2, -0.15) is 0 Å². The number of rotatable bonds is 11. The van der Waals surface area contributed by atoms with E-state index in [-0.39, 0.29) is 18.6 Å². The van der Waals surface area contributed by atoms with Crippen LogP contribution in [0.4, 0.5) is 4.79 Å². The predicted molar refractivity (Wildman–Crippen MR) is 147 cm³/mol. The lowest BCUT2D eigenvalue weighted by molar-refractivity contribution is -0.123. The van der Waals surface area contributed by atoms with Gasteiger partial charge in [0, 0.05) is 12.6 Å². The molecule has 3 aromatic carbocycles. The first kappa shape index (κ1) is 26.3. The summed E-state index contributed by atoms with van der Waals surface area (Å²) in [5.41, 5.74) is 3.59. The summed E-state index contributed by atoms with van der Waals surface area (Å²) in [5, 5.41) is 5.86. The van der Waals surface area contributed by atoms with Gasteiger partial charge in [-0.3, -0.25) is 4.79 Å². The van der Waals surface area contributed by atoms with Crippen molar-refractivity contribution in [1.29, 1.82) is 0 Å². The van der Waals surface area contributed by atoms with Crippen LogP contribution in [0.25, 0.3) is 6.08 Å². The van der Waals surface area contributed by atoms with Gasteiger partial charge in [0.25, 0.3) is 0 Å². The molecule has 4 aromatic rings. The van der Waals surface area contributed by atoms with Gasteiger partial charge in [-0.25, -0.2) is 14.8 Å². The minimum absolute atomic E-state index is 0.116. The number of benzene rings is 3. The molecule has 2 N–H and O–H groups in total. The molecule has 0 spiro atoms. The highest BCUT2D eigenvalue weighted by molar-refractivity contribution is 5.86. The molecule has 192 valence electrons. The van der Waals surface area contributed by atoms with Crippen LogP contribution in [-0.4, -0.2) is 34.1 Å². The van der Waals surface area contributed by atoms with Gasteiger partial charge < -0.3 is 15.4 Å². The summed E-state index contributed by atoms with van der Waals surface area (Å²) in [6, 6.07) is 29.5. The monoisotopic (exact) mass is 506 g/mol. The molecule has 0 radical (unpaired) electrons. The number of alkyl carbamates (subject to hydrolysis) is 1. The summed E-state index contributed by atoms with van der Waals surface area (Å²) >= 11 is 0. The van der Waals surface area contributed by atoms with Crippen molar-refractivity contribution in [2.24, 2.45) is 0 Å². The van der Waals surface area contributed by atoms with Crippen molar-refractivity contribution in [2.75, 3.05) is 0 Å². The van der Waals surface area contributed by atoms with Crippen LogP contribution in [0.1, 0.15) is 22.4 Å². The van der Waals surface area contributed by atoms with E-state index in [0.717, 1.165) is 22.4 Å². The van der Waals surface area contributed by atoms with Crippen LogP contribution in [0.5, 0.6) is 0 Å². The van der Waals surface area contributed by atoms with E-state index in [0.29, 0.717) is 12.8 Å². The third kappa shape index (κ3) is 8.71. The molecule has 0 fully saturated rings. The minimum Gasteiger partial charge on any atom is -0.445 e. The Labute approximate surface area is 222 Å². The third-order valence-electron chi connectivity index (χ3n) is 5.83. The fourth-order valence-electron chi connectivity index (χ4n) is 3.90. The van der Waals surface area contributed by atoms with E-state index < -0.39 is 12.1 Å². The molecule has 2 amide bonds. The predicted octanol–water partition coefficient (Wildman–Crippen LogP) is 4.76. The van der Waals surface area contributed by atoms with Crippen LogP contribution in [0.3, 0.4) is 0 Å². The highest BCUT2D eigenvalue weighted by Gasteiger charge is 2.24. The van der Waals surface area contributed by atoms with Crippen LogP contribution in [-0.2, 0) is 29.0 Å². The van der Waals surface area contributed by atoms with Crippen LogP contribution in [0, 0.1) is 0 Å². The molecule has 0 saturated heterocycles. The summed E-state index contributed by atoms with van der Waals surface area (Å²) < 4.78 is 5.39. The Kier molecular flexibility index (Phi) is 9.74. The fraction of sp³-hybridized carbons (Fsp3) is 0.161. The minimum atomic E-state index is -0.827. The summed E-state index contributed by atoms with van der Waals surface area (Å²) in [4.78, 5) is 34.4. The van der Waals surface area contributed by atoms with Crippen molar-refractivity contribution in [3.8, 4) is 0 Å². The number of hydrogen-bond donors (Lipinski definition) is 2. The second-order valence-electron chi connectivity index (χ2n) is 8.75. The first-order chi connectivity index (χ1) is 18.7. The molecule has 38 heavy (non-hydrogen) atoms. The molecule has 0 aliphatic carbocycles. The molecule has 0 aliphatic heterocycles. The summed E-state index contributed by atoms with van der Waals surface area (Å²) in [6.07, 6.45) is 7.14. The number of hydrogen-bond acceptors (Lipinski definition) is 5. The normalized spacial score (nSPS) is 12.4. The Morgan fingerprint density at radius 2 is 1.37 bits per heavy atom. The maximum Gasteiger partial charge on any atom is 0.408 e. The van der Waals surface area contributed by atoms with Gasteiger partial charge in [0.1, 0.15) is 19.0 Å². The van der Waals surface area contributed by atoms with E-state index in [4.69, 9.17) is 4.74 Å². The van der Waals surface area contributed by atoms with Gasteiger partial charge >= 0.3 is 6.09 Å². The maximum atomic E-state index is 13.5. The molecule has 2 atom stereocenters. The van der Waals surface area contributed by atoms with Gasteiger partial charge in [-0.15, -0.1) is 0 Å². The maximum absolute atomic E-state index is 13.5. The van der Waals surface area contributed by atoms with E-state index >= 15 is 0 Å². The molecule has 4 rings (SSSR count). The van der Waals surface area contributed by atoms with Crippen LogP contribution in [0.15, 0.2) is 116 Å². The molecular weight excluding hydrogens is 476 g/mol.